The van der Waals surface area contributed by atoms with Crippen LogP contribution in [0.4, 0.5) is 0 Å². The summed E-state index contributed by atoms with van der Waals surface area (Å²) in [5.41, 5.74) is 6.66. The number of rotatable bonds is 6. The molecule has 33 heavy (non-hydrogen) atoms. The number of benzene rings is 1. The molecular weight excluding hydrogens is 410 g/mol. The summed E-state index contributed by atoms with van der Waals surface area (Å²) in [6.07, 6.45) is 7.99. The number of hydrogen-bond acceptors (Lipinski definition) is 3. The molecule has 1 N–H and O–H groups in total. The highest BCUT2D eigenvalue weighted by molar-refractivity contribution is 5.89. The smallest absolute Gasteiger partial charge is 0.224 e. The first kappa shape index (κ1) is 22.5. The highest BCUT2D eigenvalue weighted by Gasteiger charge is 2.32. The van der Waals surface area contributed by atoms with Gasteiger partial charge in [-0.15, -0.1) is 0 Å². The van der Waals surface area contributed by atoms with Gasteiger partial charge in [-0.25, -0.2) is 0 Å². The minimum Gasteiger partial charge on any atom is -0.381 e. The highest BCUT2D eigenvalue weighted by Crippen LogP contribution is 2.40. The van der Waals surface area contributed by atoms with Gasteiger partial charge >= 0.3 is 0 Å². The second kappa shape index (κ2) is 9.54. The lowest BCUT2D eigenvalue weighted by Gasteiger charge is -2.33. The average molecular weight is 450 g/mol. The van der Waals surface area contributed by atoms with Crippen molar-refractivity contribution in [2.24, 2.45) is 24.8 Å². The number of ether oxygens (including phenoxy) is 1. The predicted molar refractivity (Wildman–Crippen MR) is 134 cm³/mol. The molecule has 1 aliphatic carbocycles. The van der Waals surface area contributed by atoms with E-state index in [-0.39, 0.29) is 11.8 Å². The Labute approximate surface area is 198 Å². The van der Waals surface area contributed by atoms with E-state index in [0.29, 0.717) is 0 Å². The number of carbonyl (C=O) groups is 1. The van der Waals surface area contributed by atoms with E-state index in [9.17, 15) is 4.79 Å². The summed E-state index contributed by atoms with van der Waals surface area (Å²) in [6.45, 7) is 10.8. The molecule has 1 aromatic heterocycles. The van der Waals surface area contributed by atoms with Crippen molar-refractivity contribution in [3.8, 4) is 0 Å². The van der Waals surface area contributed by atoms with Crippen LogP contribution in [0.5, 0.6) is 0 Å². The number of amides is 1. The van der Waals surface area contributed by atoms with E-state index in [4.69, 9.17) is 4.74 Å². The molecule has 2 saturated heterocycles. The van der Waals surface area contributed by atoms with Crippen molar-refractivity contribution in [3.63, 3.8) is 0 Å². The minimum absolute atomic E-state index is 0.0711. The van der Waals surface area contributed by atoms with E-state index in [0.717, 1.165) is 63.2 Å². The van der Waals surface area contributed by atoms with Gasteiger partial charge in [-0.2, -0.15) is 0 Å². The summed E-state index contributed by atoms with van der Waals surface area (Å²) >= 11 is 0. The zero-order valence-electron chi connectivity index (χ0n) is 20.4. The maximum absolute atomic E-state index is 12.4. The molecule has 2 unspecified atom stereocenters. The van der Waals surface area contributed by atoms with Crippen molar-refractivity contribution in [3.05, 3.63) is 41.6 Å². The van der Waals surface area contributed by atoms with Gasteiger partial charge in [0.15, 0.2) is 0 Å². The molecule has 2 aromatic rings. The number of likely N-dealkylation sites (tertiary alicyclic amines) is 1. The largest absolute Gasteiger partial charge is 0.381 e. The number of aromatic nitrogens is 1. The number of nitrogens with one attached hydrogen (secondary N) is 1. The molecule has 0 bridgehead atoms. The summed E-state index contributed by atoms with van der Waals surface area (Å²) < 4.78 is 8.04. The van der Waals surface area contributed by atoms with E-state index >= 15 is 0 Å². The molecule has 1 aromatic carbocycles. The lowest BCUT2D eigenvalue weighted by atomic mass is 9.75. The lowest BCUT2D eigenvalue weighted by molar-refractivity contribution is -0.124. The third-order valence-corrected chi connectivity index (χ3v) is 8.41. The zero-order valence-corrected chi connectivity index (χ0v) is 20.4. The normalized spacial score (nSPS) is 23.6. The van der Waals surface area contributed by atoms with Crippen LogP contribution in [0.15, 0.2) is 24.8 Å². The second-order valence-electron chi connectivity index (χ2n) is 10.3. The quantitative estimate of drug-likeness (QED) is 0.705. The van der Waals surface area contributed by atoms with Gasteiger partial charge in [0, 0.05) is 62.2 Å². The summed E-state index contributed by atoms with van der Waals surface area (Å²) in [4.78, 5) is 14.7. The Morgan fingerprint density at radius 2 is 2.00 bits per heavy atom. The van der Waals surface area contributed by atoms with E-state index in [1.54, 1.807) is 5.56 Å². The first-order valence-electron chi connectivity index (χ1n) is 13.0. The van der Waals surface area contributed by atoms with Crippen molar-refractivity contribution >= 4 is 22.5 Å². The molecule has 5 heteroatoms. The first-order valence-corrected chi connectivity index (χ1v) is 13.0. The molecule has 0 radical (unpaired) electrons. The predicted octanol–water partition coefficient (Wildman–Crippen LogP) is 4.53. The van der Waals surface area contributed by atoms with Crippen LogP contribution in [-0.4, -0.2) is 48.2 Å². The Morgan fingerprint density at radius 1 is 1.18 bits per heavy atom. The fraction of sp³-hybridized carbons (Fsp3) is 0.607. The van der Waals surface area contributed by atoms with Gasteiger partial charge in [-0.1, -0.05) is 19.6 Å². The number of fused-ring (bicyclic) bond motifs is 3. The maximum atomic E-state index is 12.4. The van der Waals surface area contributed by atoms with Crippen molar-refractivity contribution in [1.82, 2.24) is 14.8 Å². The van der Waals surface area contributed by atoms with E-state index in [1.165, 1.54) is 54.3 Å². The van der Waals surface area contributed by atoms with Crippen molar-refractivity contribution in [2.45, 2.75) is 51.9 Å². The van der Waals surface area contributed by atoms with E-state index < -0.39 is 0 Å². The van der Waals surface area contributed by atoms with Gasteiger partial charge in [0.1, 0.15) is 0 Å². The number of hydrogen-bond donors (Lipinski definition) is 1. The van der Waals surface area contributed by atoms with E-state index in [2.05, 4.69) is 53.5 Å². The van der Waals surface area contributed by atoms with Gasteiger partial charge in [0.05, 0.1) is 5.92 Å². The van der Waals surface area contributed by atoms with Gasteiger partial charge in [0.2, 0.25) is 5.91 Å². The van der Waals surface area contributed by atoms with Gasteiger partial charge < -0.3 is 19.5 Å². The average Bonchev–Trinajstić information content (AvgIpc) is 3.46. The summed E-state index contributed by atoms with van der Waals surface area (Å²) in [6, 6.07) is 6.86. The van der Waals surface area contributed by atoms with Crippen LogP contribution in [0, 0.1) is 17.8 Å². The van der Waals surface area contributed by atoms with Crippen LogP contribution in [0.2, 0.25) is 0 Å². The van der Waals surface area contributed by atoms with Crippen LogP contribution in [0.3, 0.4) is 0 Å². The number of nitrogens with zero attached hydrogens (tertiary/aromatic N) is 2. The van der Waals surface area contributed by atoms with Crippen molar-refractivity contribution in [1.29, 1.82) is 0 Å². The molecular formula is C28H39N3O2. The molecule has 1 amide bonds. The Bertz CT molecular complexity index is 1030. The molecule has 3 heterocycles. The summed E-state index contributed by atoms with van der Waals surface area (Å²) in [5.74, 6) is 1.85. The van der Waals surface area contributed by atoms with Crippen LogP contribution in [0.1, 0.15) is 55.8 Å². The Kier molecular flexibility index (Phi) is 6.51. The van der Waals surface area contributed by atoms with Crippen molar-refractivity contribution in [2.75, 3.05) is 32.8 Å². The lowest BCUT2D eigenvalue weighted by Crippen LogP contribution is -2.32. The molecule has 5 rings (SSSR count). The first-order chi connectivity index (χ1) is 16.1. The van der Waals surface area contributed by atoms with Crippen molar-refractivity contribution < 1.29 is 9.53 Å². The Balaban J connectivity index is 1.35. The Morgan fingerprint density at radius 3 is 2.79 bits per heavy atom. The molecule has 0 saturated carbocycles. The monoisotopic (exact) mass is 449 g/mol. The molecule has 2 fully saturated rings. The van der Waals surface area contributed by atoms with Gasteiger partial charge in [-0.3, -0.25) is 4.79 Å². The molecule has 5 nitrogen and oxygen atoms in total. The molecule has 2 aliphatic heterocycles. The van der Waals surface area contributed by atoms with Gasteiger partial charge in [-0.05, 0) is 80.0 Å². The second-order valence-corrected chi connectivity index (χ2v) is 10.3. The Hall–Kier alpha value is -2.27. The third-order valence-electron chi connectivity index (χ3n) is 8.41. The SMILES string of the molecule is C=C(c1ccc2c(c1)c1c(n2C)CCC(C2CCOCC2)C1)N1CCC(C(=O)NCCC)C1. The molecule has 178 valence electrons. The van der Waals surface area contributed by atoms with Crippen LogP contribution >= 0.6 is 0 Å². The number of carbonyl (C=O) groups excluding carboxylic acids is 1. The molecule has 2 atom stereocenters. The minimum atomic E-state index is 0.0711. The third kappa shape index (κ3) is 4.32. The standard InChI is InChI=1S/C28H39N3O2/c1-4-12-29-28(32)23-9-13-31(18-23)19(2)21-5-7-26-24(16-21)25-17-22(6-8-27(25)30(26)3)20-10-14-33-15-11-20/h5,7,16,20,22-23H,2,4,6,8-15,17-18H2,1,3H3,(H,29,32). The van der Waals surface area contributed by atoms with E-state index in [1.807, 2.05) is 0 Å². The summed E-state index contributed by atoms with van der Waals surface area (Å²) in [7, 11) is 2.23. The van der Waals surface area contributed by atoms with Crippen LogP contribution < -0.4 is 5.32 Å². The number of aryl methyl sites for hydroxylation is 1. The highest BCUT2D eigenvalue weighted by atomic mass is 16.5. The maximum Gasteiger partial charge on any atom is 0.224 e. The summed E-state index contributed by atoms with van der Waals surface area (Å²) in [5, 5.41) is 4.46. The van der Waals surface area contributed by atoms with Gasteiger partial charge in [0.25, 0.3) is 0 Å². The van der Waals surface area contributed by atoms with Crippen LogP contribution in [-0.2, 0) is 29.4 Å². The fourth-order valence-corrected chi connectivity index (χ4v) is 6.37. The van der Waals surface area contributed by atoms with Crippen LogP contribution in [0.25, 0.3) is 16.6 Å². The fourth-order valence-electron chi connectivity index (χ4n) is 6.37. The molecule has 3 aliphatic rings. The topological polar surface area (TPSA) is 46.5 Å². The molecule has 0 spiro atoms. The zero-order chi connectivity index (χ0) is 22.9.